The fourth-order valence-electron chi connectivity index (χ4n) is 3.01. The molecule has 210 valence electrons. The van der Waals surface area contributed by atoms with Gasteiger partial charge < -0.3 is 43.6 Å². The van der Waals surface area contributed by atoms with Gasteiger partial charge in [0.15, 0.2) is 0 Å². The molecule has 15 heteroatoms. The lowest BCUT2D eigenvalue weighted by atomic mass is 9.98. The molecule has 0 heterocycles. The van der Waals surface area contributed by atoms with Crippen LogP contribution in [0.25, 0.3) is 0 Å². The van der Waals surface area contributed by atoms with Crippen LogP contribution in [0.3, 0.4) is 0 Å². The summed E-state index contributed by atoms with van der Waals surface area (Å²) in [6, 6.07) is -4.92. The van der Waals surface area contributed by atoms with Gasteiger partial charge in [-0.3, -0.25) is 28.8 Å². The summed E-state index contributed by atoms with van der Waals surface area (Å²) in [6.45, 7) is 6.07. The summed E-state index contributed by atoms with van der Waals surface area (Å²) in [4.78, 5) is 83.9. The van der Waals surface area contributed by atoms with Crippen molar-refractivity contribution in [2.24, 2.45) is 29.0 Å². The number of carbonyl (C=O) groups excluding carboxylic acids is 6. The van der Waals surface area contributed by atoms with Gasteiger partial charge in [-0.1, -0.05) is 34.1 Å². The highest BCUT2D eigenvalue weighted by Gasteiger charge is 2.30. The highest BCUT2D eigenvalue weighted by Crippen LogP contribution is 2.09. The van der Waals surface area contributed by atoms with Crippen LogP contribution in [0, 0.1) is 11.8 Å². The Hall–Kier alpha value is -3.75. The van der Waals surface area contributed by atoms with Crippen molar-refractivity contribution >= 4 is 41.4 Å². The Morgan fingerprint density at radius 2 is 1.41 bits per heavy atom. The third-order valence-corrected chi connectivity index (χ3v) is 5.59. The van der Waals surface area contributed by atoms with Gasteiger partial charge in [0.1, 0.15) is 18.1 Å². The summed E-state index contributed by atoms with van der Waals surface area (Å²) in [5, 5.41) is 18.6. The van der Waals surface area contributed by atoms with E-state index in [0.717, 1.165) is 0 Å². The van der Waals surface area contributed by atoms with Crippen molar-refractivity contribution in [3.8, 4) is 0 Å². The zero-order chi connectivity index (χ0) is 28.9. The van der Waals surface area contributed by atoms with Crippen LogP contribution in [0.4, 0.5) is 0 Å². The van der Waals surface area contributed by atoms with E-state index in [4.69, 9.17) is 17.2 Å². The molecule has 37 heavy (non-hydrogen) atoms. The average molecular weight is 530 g/mol. The van der Waals surface area contributed by atoms with Crippen molar-refractivity contribution in [2.75, 3.05) is 6.54 Å². The molecule has 0 fully saturated rings. The van der Waals surface area contributed by atoms with E-state index >= 15 is 0 Å². The molecule has 0 saturated carbocycles. The highest BCUT2D eigenvalue weighted by molar-refractivity contribution is 5.96. The molecule has 0 aliphatic carbocycles. The molecule has 0 aliphatic heterocycles. The van der Waals surface area contributed by atoms with Gasteiger partial charge in [-0.05, 0) is 18.3 Å². The molecule has 15 nitrogen and oxygen atoms in total. The van der Waals surface area contributed by atoms with Gasteiger partial charge in [-0.25, -0.2) is 4.79 Å². The summed E-state index contributed by atoms with van der Waals surface area (Å²) < 4.78 is 0. The van der Waals surface area contributed by atoms with E-state index in [-0.39, 0.29) is 18.8 Å². The summed E-state index contributed by atoms with van der Waals surface area (Å²) in [5.41, 5.74) is 16.0. The smallest absolute Gasteiger partial charge is 0.326 e. The maximum Gasteiger partial charge on any atom is 0.326 e. The van der Waals surface area contributed by atoms with Crippen molar-refractivity contribution in [3.05, 3.63) is 0 Å². The van der Waals surface area contributed by atoms with Gasteiger partial charge >= 0.3 is 5.97 Å². The van der Waals surface area contributed by atoms with E-state index in [2.05, 4.69) is 21.3 Å². The van der Waals surface area contributed by atoms with Gasteiger partial charge in [0.25, 0.3) is 0 Å². The fourth-order valence-corrected chi connectivity index (χ4v) is 3.01. The monoisotopic (exact) mass is 529 g/mol. The van der Waals surface area contributed by atoms with Crippen LogP contribution in [0.2, 0.25) is 0 Å². The molecule has 5 atom stereocenters. The second-order valence-corrected chi connectivity index (χ2v) is 9.05. The highest BCUT2D eigenvalue weighted by atomic mass is 16.4. The maximum atomic E-state index is 12.7. The Bertz CT molecular complexity index is 864. The molecule has 0 bridgehead atoms. The lowest BCUT2D eigenvalue weighted by Gasteiger charge is -2.24. The third-order valence-electron chi connectivity index (χ3n) is 5.59. The molecule has 0 saturated heterocycles. The van der Waals surface area contributed by atoms with E-state index in [1.54, 1.807) is 27.7 Å². The van der Waals surface area contributed by atoms with Crippen LogP contribution in [-0.2, 0) is 33.6 Å². The first kappa shape index (κ1) is 33.2. The van der Waals surface area contributed by atoms with Gasteiger partial charge in [-0.15, -0.1) is 0 Å². The Kier molecular flexibility index (Phi) is 14.5. The Labute approximate surface area is 215 Å². The number of hydrogen-bond acceptors (Lipinski definition) is 8. The lowest BCUT2D eigenvalue weighted by Crippen LogP contribution is -2.56. The predicted octanol–water partition coefficient (Wildman–Crippen LogP) is -3.19. The first-order valence-electron chi connectivity index (χ1n) is 11.8. The van der Waals surface area contributed by atoms with Crippen LogP contribution in [0.5, 0.6) is 0 Å². The van der Waals surface area contributed by atoms with Gasteiger partial charge in [-0.2, -0.15) is 0 Å². The first-order valence-corrected chi connectivity index (χ1v) is 11.8. The van der Waals surface area contributed by atoms with E-state index in [9.17, 15) is 38.7 Å². The number of carboxylic acid groups (broad SMARTS) is 1. The van der Waals surface area contributed by atoms with Crippen LogP contribution >= 0.6 is 0 Å². The van der Waals surface area contributed by atoms with Crippen molar-refractivity contribution < 1.29 is 38.7 Å². The molecular weight excluding hydrogens is 490 g/mol. The van der Waals surface area contributed by atoms with Gasteiger partial charge in [0.05, 0.1) is 19.0 Å². The van der Waals surface area contributed by atoms with Gasteiger partial charge in [0, 0.05) is 6.42 Å². The molecule has 0 rings (SSSR count). The van der Waals surface area contributed by atoms with Crippen molar-refractivity contribution in [3.63, 3.8) is 0 Å². The molecule has 0 unspecified atom stereocenters. The van der Waals surface area contributed by atoms with E-state index in [1.807, 2.05) is 0 Å². The summed E-state index contributed by atoms with van der Waals surface area (Å²) in [7, 11) is 0. The zero-order valence-corrected chi connectivity index (χ0v) is 21.5. The normalized spacial score (nSPS) is 14.9. The standard InChI is InChI=1S/C22H39N7O8/c1-5-11(4)18(22(36)37)29-20(34)12(6-7-14(23)30)27-16(32)9-26-19(33)13(8-15(24)31)28-21(35)17(25)10(2)3/h10-13,17-18H,5-9,25H2,1-4H3,(H2,23,30)(H2,24,31)(H,26,33)(H,27,32)(H,28,35)(H,29,34)(H,36,37)/t11-,12-,13-,17-,18-/m0/s1. The average Bonchev–Trinajstić information content (AvgIpc) is 2.80. The minimum absolute atomic E-state index is 0.221. The molecule has 0 aromatic rings. The number of carbonyl (C=O) groups is 7. The number of hydrogen-bond donors (Lipinski definition) is 8. The minimum atomic E-state index is -1.40. The minimum Gasteiger partial charge on any atom is -0.480 e. The molecule has 0 spiro atoms. The number of carboxylic acids is 1. The second-order valence-electron chi connectivity index (χ2n) is 9.05. The number of aliphatic carboxylic acids is 1. The van der Waals surface area contributed by atoms with Crippen LogP contribution in [-0.4, -0.2) is 77.2 Å². The Morgan fingerprint density at radius 1 is 0.811 bits per heavy atom. The second kappa shape index (κ2) is 16.1. The molecule has 0 aliphatic rings. The van der Waals surface area contributed by atoms with Gasteiger partial charge in [0.2, 0.25) is 35.4 Å². The van der Waals surface area contributed by atoms with Crippen LogP contribution in [0.1, 0.15) is 53.4 Å². The van der Waals surface area contributed by atoms with Crippen LogP contribution in [0.15, 0.2) is 0 Å². The SMILES string of the molecule is CC[C@H](C)[C@H](NC(=O)[C@H](CCC(N)=O)NC(=O)CNC(=O)[C@H](CC(N)=O)NC(=O)[C@@H](N)C(C)C)C(=O)O. The predicted molar refractivity (Wildman–Crippen MR) is 131 cm³/mol. The molecule has 0 radical (unpaired) electrons. The van der Waals surface area contributed by atoms with E-state index < -0.39 is 84.5 Å². The topological polar surface area (TPSA) is 266 Å². The molecule has 0 aromatic carbocycles. The fraction of sp³-hybridized carbons (Fsp3) is 0.682. The molecular formula is C22H39N7O8. The zero-order valence-electron chi connectivity index (χ0n) is 21.5. The van der Waals surface area contributed by atoms with Crippen molar-refractivity contribution in [2.45, 2.75) is 77.5 Å². The Balaban J connectivity index is 5.33. The number of primary amides is 2. The lowest BCUT2D eigenvalue weighted by molar-refractivity contribution is -0.144. The summed E-state index contributed by atoms with van der Waals surface area (Å²) in [5.74, 6) is -6.90. The number of rotatable bonds is 17. The summed E-state index contributed by atoms with van der Waals surface area (Å²) >= 11 is 0. The van der Waals surface area contributed by atoms with Crippen LogP contribution < -0.4 is 38.5 Å². The van der Waals surface area contributed by atoms with Crippen molar-refractivity contribution in [1.82, 2.24) is 21.3 Å². The number of amides is 6. The Morgan fingerprint density at radius 3 is 1.86 bits per heavy atom. The van der Waals surface area contributed by atoms with E-state index in [0.29, 0.717) is 6.42 Å². The largest absolute Gasteiger partial charge is 0.480 e. The quantitative estimate of drug-likeness (QED) is 0.0941. The number of nitrogens with one attached hydrogen (secondary N) is 4. The first-order chi connectivity index (χ1) is 17.1. The molecule has 11 N–H and O–H groups in total. The third kappa shape index (κ3) is 12.7. The number of nitrogens with two attached hydrogens (primary N) is 3. The van der Waals surface area contributed by atoms with E-state index in [1.165, 1.54) is 0 Å². The summed E-state index contributed by atoms with van der Waals surface area (Å²) in [6.07, 6.45) is -0.609. The molecule has 0 aromatic heterocycles. The maximum absolute atomic E-state index is 12.7. The molecule has 6 amide bonds. The van der Waals surface area contributed by atoms with Crippen molar-refractivity contribution in [1.29, 1.82) is 0 Å².